The van der Waals surface area contributed by atoms with Gasteiger partial charge in [-0.15, -0.1) is 0 Å². The third-order valence-corrected chi connectivity index (χ3v) is 4.28. The summed E-state index contributed by atoms with van der Waals surface area (Å²) in [6.07, 6.45) is 16.2. The van der Waals surface area contributed by atoms with Gasteiger partial charge in [-0.2, -0.15) is 0 Å². The molecule has 0 aliphatic carbocycles. The van der Waals surface area contributed by atoms with E-state index in [4.69, 9.17) is 9.78 Å². The summed E-state index contributed by atoms with van der Waals surface area (Å²) >= 11 is 0. The van der Waals surface area contributed by atoms with E-state index in [1.807, 2.05) is 18.2 Å². The van der Waals surface area contributed by atoms with Crippen LogP contribution in [0, 0.1) is 0 Å². The van der Waals surface area contributed by atoms with Crippen LogP contribution < -0.4 is 4.89 Å². The van der Waals surface area contributed by atoms with Crippen LogP contribution in [0.3, 0.4) is 0 Å². The molecule has 154 valence electrons. The highest BCUT2D eigenvalue weighted by Crippen LogP contribution is 2.16. The highest BCUT2D eigenvalue weighted by Gasteiger charge is 2.03. The van der Waals surface area contributed by atoms with Crippen LogP contribution in [0.2, 0.25) is 0 Å². The van der Waals surface area contributed by atoms with Crippen molar-refractivity contribution in [3.63, 3.8) is 0 Å². The van der Waals surface area contributed by atoms with Gasteiger partial charge in [0.1, 0.15) is 5.76 Å². The Kier molecular flexibility index (Phi) is 15.5. The predicted molar refractivity (Wildman–Crippen MR) is 106 cm³/mol. The molecule has 0 atom stereocenters. The zero-order chi connectivity index (χ0) is 19.4. The van der Waals surface area contributed by atoms with E-state index in [0.29, 0.717) is 5.75 Å². The van der Waals surface area contributed by atoms with Gasteiger partial charge < -0.3 is 9.78 Å². The van der Waals surface area contributed by atoms with Crippen LogP contribution in [-0.4, -0.2) is 0 Å². The van der Waals surface area contributed by atoms with Crippen LogP contribution in [-0.2, 0) is 20.0 Å². The lowest BCUT2D eigenvalue weighted by Crippen LogP contribution is -2.02. The normalized spacial score (nSPS) is 11.6. The van der Waals surface area contributed by atoms with Gasteiger partial charge in [-0.05, 0) is 37.5 Å². The van der Waals surface area contributed by atoms with E-state index >= 15 is 0 Å². The molecule has 0 spiro atoms. The van der Waals surface area contributed by atoms with Gasteiger partial charge in [-0.3, -0.25) is 0 Å². The van der Waals surface area contributed by atoms with Gasteiger partial charge >= 0.3 is 0 Å². The zero-order valence-electron chi connectivity index (χ0n) is 17.0. The lowest BCUT2D eigenvalue weighted by atomic mass is 10.1. The largest absolute Gasteiger partial charge is 0.311 e. The van der Waals surface area contributed by atoms with Gasteiger partial charge in [0.25, 0.3) is 0 Å². The number of allylic oxidation sites excluding steroid dienone is 2. The summed E-state index contributed by atoms with van der Waals surface area (Å²) < 4.78 is 0. The third-order valence-electron chi connectivity index (χ3n) is 4.28. The van der Waals surface area contributed by atoms with Gasteiger partial charge in [0, 0.05) is 21.5 Å². The van der Waals surface area contributed by atoms with Gasteiger partial charge in [0.05, 0.1) is 0 Å². The average Bonchev–Trinajstić information content (AvgIpc) is 2.70. The van der Waals surface area contributed by atoms with E-state index < -0.39 is 0 Å². The molecular formula is C22H36O5. The van der Waals surface area contributed by atoms with Crippen molar-refractivity contribution in [1.82, 2.24) is 0 Å². The van der Waals surface area contributed by atoms with Crippen molar-refractivity contribution >= 4 is 0 Å². The van der Waals surface area contributed by atoms with Gasteiger partial charge in [0.2, 0.25) is 0 Å². The molecule has 1 aromatic carbocycles. The summed E-state index contributed by atoms with van der Waals surface area (Å²) in [5.74, 6) is 1.30. The summed E-state index contributed by atoms with van der Waals surface area (Å²) in [6.45, 7) is 4.45. The van der Waals surface area contributed by atoms with E-state index in [0.717, 1.165) is 31.4 Å². The summed E-state index contributed by atoms with van der Waals surface area (Å²) in [6, 6.07) is 9.02. The molecule has 1 rings (SSSR count). The first-order chi connectivity index (χ1) is 13.4. The SMILES string of the molecule is CCCCCCCC=C(CCCCCCC)OOOOOc1ccccc1. The number of benzene rings is 1. The van der Waals surface area contributed by atoms with Crippen molar-refractivity contribution < 1.29 is 24.9 Å². The van der Waals surface area contributed by atoms with Crippen molar-refractivity contribution in [2.75, 3.05) is 0 Å². The molecule has 0 saturated carbocycles. The van der Waals surface area contributed by atoms with Crippen LogP contribution in [0.5, 0.6) is 5.75 Å². The standard InChI is InChI=1S/C22H36O5/c1-3-5-7-9-11-14-18-21(17-13-10-8-6-4-2)23-25-27-26-24-22-19-15-12-16-20-22/h12,15-16,18-20H,3-11,13-14,17H2,1-2H3. The second-order valence-electron chi connectivity index (χ2n) is 6.72. The molecule has 0 aromatic heterocycles. The Morgan fingerprint density at radius 3 is 2.11 bits per heavy atom. The van der Waals surface area contributed by atoms with Gasteiger partial charge in [-0.1, -0.05) is 83.4 Å². The monoisotopic (exact) mass is 380 g/mol. The zero-order valence-corrected chi connectivity index (χ0v) is 17.0. The molecule has 0 amide bonds. The second kappa shape index (κ2) is 17.8. The smallest absolute Gasteiger partial charge is 0.168 e. The van der Waals surface area contributed by atoms with Crippen molar-refractivity contribution in [1.29, 1.82) is 0 Å². The maximum absolute atomic E-state index is 5.25. The Hall–Kier alpha value is -1.56. The average molecular weight is 381 g/mol. The lowest BCUT2D eigenvalue weighted by Gasteiger charge is -2.07. The molecule has 0 radical (unpaired) electrons. The van der Waals surface area contributed by atoms with Crippen LogP contribution >= 0.6 is 0 Å². The fraction of sp³-hybridized carbons (Fsp3) is 0.636. The minimum atomic E-state index is 0.514. The van der Waals surface area contributed by atoms with E-state index in [9.17, 15) is 0 Å². The van der Waals surface area contributed by atoms with Crippen molar-refractivity contribution in [2.24, 2.45) is 0 Å². The molecule has 27 heavy (non-hydrogen) atoms. The molecule has 0 N–H and O–H groups in total. The summed E-state index contributed by atoms with van der Waals surface area (Å²) in [7, 11) is 0. The van der Waals surface area contributed by atoms with Crippen molar-refractivity contribution in [3.05, 3.63) is 42.2 Å². The van der Waals surface area contributed by atoms with E-state index in [1.54, 1.807) is 12.1 Å². The molecule has 0 unspecified atom stereocenters. The molecule has 0 bridgehead atoms. The highest BCUT2D eigenvalue weighted by molar-refractivity contribution is 5.19. The Morgan fingerprint density at radius 2 is 1.41 bits per heavy atom. The first kappa shape index (κ1) is 23.5. The molecule has 5 nitrogen and oxygen atoms in total. The van der Waals surface area contributed by atoms with Crippen molar-refractivity contribution in [2.45, 2.75) is 90.9 Å². The number of hydrogen-bond donors (Lipinski definition) is 0. The van der Waals surface area contributed by atoms with Crippen LogP contribution in [0.1, 0.15) is 90.9 Å². The number of unbranched alkanes of at least 4 members (excludes halogenated alkanes) is 9. The summed E-state index contributed by atoms with van der Waals surface area (Å²) in [5, 5.41) is 13.7. The number of rotatable bonds is 18. The van der Waals surface area contributed by atoms with Gasteiger partial charge in [-0.25, -0.2) is 0 Å². The first-order valence-electron chi connectivity index (χ1n) is 10.5. The summed E-state index contributed by atoms with van der Waals surface area (Å²) in [4.78, 5) is 10.2. The molecule has 0 fully saturated rings. The van der Waals surface area contributed by atoms with Crippen molar-refractivity contribution in [3.8, 4) is 5.75 Å². The lowest BCUT2D eigenvalue weighted by molar-refractivity contribution is -0.685. The Labute approximate surface area is 164 Å². The Balaban J connectivity index is 2.22. The Bertz CT molecular complexity index is 461. The van der Waals surface area contributed by atoms with E-state index in [1.165, 1.54) is 51.4 Å². The quantitative estimate of drug-likeness (QED) is 0.115. The highest BCUT2D eigenvalue weighted by atomic mass is 17.8. The molecule has 0 aliphatic heterocycles. The fourth-order valence-corrected chi connectivity index (χ4v) is 2.69. The minimum Gasteiger partial charge on any atom is -0.311 e. The fourth-order valence-electron chi connectivity index (χ4n) is 2.69. The molecule has 0 saturated heterocycles. The van der Waals surface area contributed by atoms with Crippen LogP contribution in [0.15, 0.2) is 42.2 Å². The van der Waals surface area contributed by atoms with Crippen LogP contribution in [0.4, 0.5) is 0 Å². The number of hydrogen-bond acceptors (Lipinski definition) is 5. The Morgan fingerprint density at radius 1 is 0.741 bits per heavy atom. The summed E-state index contributed by atoms with van der Waals surface area (Å²) in [5.41, 5.74) is 0. The van der Waals surface area contributed by atoms with Gasteiger partial charge in [0.15, 0.2) is 5.75 Å². The van der Waals surface area contributed by atoms with Crippen LogP contribution in [0.25, 0.3) is 0 Å². The first-order valence-corrected chi connectivity index (χ1v) is 10.5. The third kappa shape index (κ3) is 14.2. The maximum atomic E-state index is 5.25. The molecule has 0 aliphatic rings. The maximum Gasteiger partial charge on any atom is 0.168 e. The van der Waals surface area contributed by atoms with E-state index in [2.05, 4.69) is 35.0 Å². The molecule has 5 heteroatoms. The molecule has 0 heterocycles. The topological polar surface area (TPSA) is 46.2 Å². The van der Waals surface area contributed by atoms with E-state index in [-0.39, 0.29) is 0 Å². The molecule has 1 aromatic rings. The number of para-hydroxylation sites is 1. The predicted octanol–water partition coefficient (Wildman–Crippen LogP) is 7.40. The minimum absolute atomic E-state index is 0.514. The second-order valence-corrected chi connectivity index (χ2v) is 6.72. The molecular weight excluding hydrogens is 344 g/mol.